The summed E-state index contributed by atoms with van der Waals surface area (Å²) in [6.07, 6.45) is 12.2. The standard InChI is InChI=1S/C17H35O3PS/c1-3-5-6-7-11-15-22-16-14-20-21(18,19-4-2)17-12-9-8-10-13-17/h17H,3-16H2,1-2H3. The summed E-state index contributed by atoms with van der Waals surface area (Å²) in [5, 5.41) is 0. The first kappa shape index (κ1) is 20.5. The molecule has 0 N–H and O–H groups in total. The molecule has 5 heteroatoms. The van der Waals surface area contributed by atoms with Gasteiger partial charge in [-0.15, -0.1) is 0 Å². The molecule has 132 valence electrons. The van der Waals surface area contributed by atoms with E-state index in [1.54, 1.807) is 0 Å². The zero-order valence-corrected chi connectivity index (χ0v) is 16.3. The first-order valence-corrected chi connectivity index (χ1v) is 12.0. The van der Waals surface area contributed by atoms with Gasteiger partial charge in [-0.1, -0.05) is 51.9 Å². The average Bonchev–Trinajstić information content (AvgIpc) is 2.54. The van der Waals surface area contributed by atoms with Gasteiger partial charge in [0, 0.05) is 5.75 Å². The third-order valence-electron chi connectivity index (χ3n) is 4.22. The van der Waals surface area contributed by atoms with Crippen LogP contribution in [0.2, 0.25) is 0 Å². The highest BCUT2D eigenvalue weighted by molar-refractivity contribution is 7.99. The van der Waals surface area contributed by atoms with Crippen LogP contribution < -0.4 is 0 Å². The lowest BCUT2D eigenvalue weighted by Crippen LogP contribution is -2.17. The Hall–Kier alpha value is 0.500. The van der Waals surface area contributed by atoms with Gasteiger partial charge in [-0.3, -0.25) is 4.57 Å². The molecule has 0 bridgehead atoms. The molecule has 0 aliphatic heterocycles. The van der Waals surface area contributed by atoms with Crippen molar-refractivity contribution in [2.24, 2.45) is 0 Å². The highest BCUT2D eigenvalue weighted by Crippen LogP contribution is 2.57. The van der Waals surface area contributed by atoms with Crippen LogP contribution >= 0.6 is 19.4 Å². The van der Waals surface area contributed by atoms with Crippen LogP contribution in [0.25, 0.3) is 0 Å². The average molecular weight is 351 g/mol. The van der Waals surface area contributed by atoms with Crippen LogP contribution in [-0.4, -0.2) is 30.4 Å². The molecule has 22 heavy (non-hydrogen) atoms. The molecule has 0 aromatic heterocycles. The molecule has 0 amide bonds. The molecular weight excluding hydrogens is 315 g/mol. The normalized spacial score (nSPS) is 19.2. The maximum Gasteiger partial charge on any atom is 0.333 e. The van der Waals surface area contributed by atoms with Gasteiger partial charge in [0.1, 0.15) is 0 Å². The van der Waals surface area contributed by atoms with E-state index in [1.807, 2.05) is 18.7 Å². The lowest BCUT2D eigenvalue weighted by Gasteiger charge is -2.29. The number of hydrogen-bond donors (Lipinski definition) is 0. The van der Waals surface area contributed by atoms with E-state index in [4.69, 9.17) is 9.05 Å². The number of unbranched alkanes of at least 4 members (excludes halogenated alkanes) is 4. The molecule has 1 aliphatic carbocycles. The van der Waals surface area contributed by atoms with Crippen molar-refractivity contribution in [2.45, 2.75) is 83.7 Å². The largest absolute Gasteiger partial charge is 0.333 e. The third-order valence-corrected chi connectivity index (χ3v) is 7.83. The third kappa shape index (κ3) is 8.38. The van der Waals surface area contributed by atoms with Crippen LogP contribution in [0.3, 0.4) is 0 Å². The first-order valence-electron chi connectivity index (χ1n) is 9.19. The topological polar surface area (TPSA) is 35.5 Å². The number of rotatable bonds is 13. The van der Waals surface area contributed by atoms with Crippen LogP contribution in [0, 0.1) is 0 Å². The minimum Gasteiger partial charge on any atom is -0.309 e. The van der Waals surface area contributed by atoms with Crippen molar-refractivity contribution in [3.63, 3.8) is 0 Å². The van der Waals surface area contributed by atoms with E-state index in [9.17, 15) is 4.57 Å². The van der Waals surface area contributed by atoms with Gasteiger partial charge in [0.05, 0.1) is 18.9 Å². The quantitative estimate of drug-likeness (QED) is 0.290. The van der Waals surface area contributed by atoms with Crippen LogP contribution in [-0.2, 0) is 13.6 Å². The molecule has 0 aromatic rings. The second kappa shape index (κ2) is 12.9. The molecular formula is C17H35O3PS. The maximum atomic E-state index is 12.9. The highest BCUT2D eigenvalue weighted by atomic mass is 32.2. The molecule has 0 spiro atoms. The summed E-state index contributed by atoms with van der Waals surface area (Å²) in [4.78, 5) is 0. The van der Waals surface area contributed by atoms with Gasteiger partial charge in [0.15, 0.2) is 0 Å². The monoisotopic (exact) mass is 350 g/mol. The first-order chi connectivity index (χ1) is 10.7. The minimum absolute atomic E-state index is 0.139. The Morgan fingerprint density at radius 1 is 0.955 bits per heavy atom. The fourth-order valence-corrected chi connectivity index (χ4v) is 6.09. The fraction of sp³-hybridized carbons (Fsp3) is 1.00. The molecule has 1 fully saturated rings. The predicted molar refractivity (Wildman–Crippen MR) is 98.1 cm³/mol. The van der Waals surface area contributed by atoms with Crippen LogP contribution in [0.1, 0.15) is 78.1 Å². The van der Waals surface area contributed by atoms with Crippen molar-refractivity contribution < 1.29 is 13.6 Å². The molecule has 0 aromatic carbocycles. The lowest BCUT2D eigenvalue weighted by atomic mass is 10.0. The van der Waals surface area contributed by atoms with Gasteiger partial charge in [0.25, 0.3) is 0 Å². The van der Waals surface area contributed by atoms with Gasteiger partial charge >= 0.3 is 7.60 Å². The number of hydrogen-bond acceptors (Lipinski definition) is 4. The molecule has 1 aliphatic rings. The highest BCUT2D eigenvalue weighted by Gasteiger charge is 2.36. The van der Waals surface area contributed by atoms with E-state index < -0.39 is 7.60 Å². The van der Waals surface area contributed by atoms with Gasteiger partial charge < -0.3 is 9.05 Å². The Labute approximate surface area is 141 Å². The van der Waals surface area contributed by atoms with Crippen molar-refractivity contribution in [1.82, 2.24) is 0 Å². The van der Waals surface area contributed by atoms with E-state index in [2.05, 4.69) is 6.92 Å². The van der Waals surface area contributed by atoms with Crippen LogP contribution in [0.15, 0.2) is 0 Å². The van der Waals surface area contributed by atoms with Crippen molar-refractivity contribution in [2.75, 3.05) is 24.7 Å². The molecule has 1 saturated carbocycles. The number of thioether (sulfide) groups is 1. The van der Waals surface area contributed by atoms with Crippen LogP contribution in [0.4, 0.5) is 0 Å². The summed E-state index contributed by atoms with van der Waals surface area (Å²) in [5.74, 6) is 2.12. The van der Waals surface area contributed by atoms with Crippen molar-refractivity contribution in [1.29, 1.82) is 0 Å². The molecule has 0 saturated heterocycles. The van der Waals surface area contributed by atoms with Gasteiger partial charge in [-0.2, -0.15) is 11.8 Å². The Bertz CT molecular complexity index is 306. The molecule has 1 rings (SSSR count). The second-order valence-electron chi connectivity index (χ2n) is 6.11. The van der Waals surface area contributed by atoms with E-state index in [1.165, 1.54) is 44.3 Å². The zero-order valence-electron chi connectivity index (χ0n) is 14.6. The van der Waals surface area contributed by atoms with Crippen molar-refractivity contribution in [3.8, 4) is 0 Å². The Kier molecular flexibility index (Phi) is 12.0. The van der Waals surface area contributed by atoms with Gasteiger partial charge in [-0.25, -0.2) is 0 Å². The van der Waals surface area contributed by atoms with Crippen molar-refractivity contribution >= 4 is 19.4 Å². The summed E-state index contributed by atoms with van der Waals surface area (Å²) in [6.45, 7) is 5.20. The molecule has 3 nitrogen and oxygen atoms in total. The zero-order chi connectivity index (χ0) is 16.1. The van der Waals surface area contributed by atoms with E-state index in [0.717, 1.165) is 31.4 Å². The van der Waals surface area contributed by atoms with Crippen molar-refractivity contribution in [3.05, 3.63) is 0 Å². The smallest absolute Gasteiger partial charge is 0.309 e. The predicted octanol–water partition coefficient (Wildman–Crippen LogP) is 6.27. The molecule has 0 heterocycles. The fourth-order valence-electron chi connectivity index (χ4n) is 2.96. The van der Waals surface area contributed by atoms with E-state index in [0.29, 0.717) is 13.2 Å². The Morgan fingerprint density at radius 3 is 2.36 bits per heavy atom. The SMILES string of the molecule is CCCCCCCSCCOP(=O)(OCC)C1CCCCC1. The van der Waals surface area contributed by atoms with Gasteiger partial charge in [0.2, 0.25) is 0 Å². The molecule has 1 unspecified atom stereocenters. The van der Waals surface area contributed by atoms with E-state index in [-0.39, 0.29) is 5.66 Å². The summed E-state index contributed by atoms with van der Waals surface area (Å²) < 4.78 is 24.3. The maximum absolute atomic E-state index is 12.9. The Morgan fingerprint density at radius 2 is 1.68 bits per heavy atom. The molecule has 0 radical (unpaired) electrons. The van der Waals surface area contributed by atoms with E-state index >= 15 is 0 Å². The van der Waals surface area contributed by atoms with Gasteiger partial charge in [-0.05, 0) is 31.9 Å². The molecule has 1 atom stereocenters. The summed E-state index contributed by atoms with van der Waals surface area (Å²) >= 11 is 1.92. The minimum atomic E-state index is -2.88. The summed E-state index contributed by atoms with van der Waals surface area (Å²) in [6, 6.07) is 0. The second-order valence-corrected chi connectivity index (χ2v) is 9.66. The van der Waals surface area contributed by atoms with Crippen LogP contribution in [0.5, 0.6) is 0 Å². The Balaban J connectivity index is 2.14. The summed E-state index contributed by atoms with van der Waals surface area (Å²) in [5.41, 5.74) is 0.139. The lowest BCUT2D eigenvalue weighted by molar-refractivity contribution is 0.206. The summed E-state index contributed by atoms with van der Waals surface area (Å²) in [7, 11) is -2.88.